The van der Waals surface area contributed by atoms with Gasteiger partial charge in [-0.1, -0.05) is 12.1 Å². The predicted octanol–water partition coefficient (Wildman–Crippen LogP) is 1.07. The fourth-order valence-corrected chi connectivity index (χ4v) is 2.42. The van der Waals surface area contributed by atoms with Gasteiger partial charge in [0.05, 0.1) is 33.2 Å². The maximum absolute atomic E-state index is 11.7. The SMILES string of the molecule is Cc1cccc(S(=O)CC(C)O)c1N. The highest BCUT2D eigenvalue weighted by molar-refractivity contribution is 7.85. The van der Waals surface area contributed by atoms with Crippen LogP contribution >= 0.6 is 0 Å². The molecule has 1 aromatic rings. The summed E-state index contributed by atoms with van der Waals surface area (Å²) in [4.78, 5) is 0.617. The number of hydrogen-bond donors (Lipinski definition) is 2. The minimum atomic E-state index is -1.21. The Morgan fingerprint density at radius 2 is 2.21 bits per heavy atom. The first kappa shape index (κ1) is 11.2. The van der Waals surface area contributed by atoms with Crippen LogP contribution in [0.15, 0.2) is 23.1 Å². The Morgan fingerprint density at radius 1 is 1.57 bits per heavy atom. The number of anilines is 1. The molecule has 0 heterocycles. The zero-order valence-electron chi connectivity index (χ0n) is 8.36. The summed E-state index contributed by atoms with van der Waals surface area (Å²) in [5.41, 5.74) is 7.26. The number of nitrogen functional groups attached to an aromatic ring is 1. The van der Waals surface area contributed by atoms with E-state index in [2.05, 4.69) is 0 Å². The van der Waals surface area contributed by atoms with Crippen molar-refractivity contribution >= 4 is 16.5 Å². The second-order valence-corrected chi connectivity index (χ2v) is 4.81. The molecule has 0 fully saturated rings. The fraction of sp³-hybridized carbons (Fsp3) is 0.400. The number of aliphatic hydroxyl groups excluding tert-OH is 1. The highest BCUT2D eigenvalue weighted by Crippen LogP contribution is 2.20. The van der Waals surface area contributed by atoms with E-state index in [1.54, 1.807) is 13.0 Å². The normalized spacial score (nSPS) is 15.1. The maximum Gasteiger partial charge on any atom is 0.0630 e. The van der Waals surface area contributed by atoms with Gasteiger partial charge in [0.25, 0.3) is 0 Å². The number of hydrogen-bond acceptors (Lipinski definition) is 3. The fourth-order valence-electron chi connectivity index (χ4n) is 1.16. The summed E-state index contributed by atoms with van der Waals surface area (Å²) in [7, 11) is -1.21. The third kappa shape index (κ3) is 2.56. The standard InChI is InChI=1S/C10H15NO2S/c1-7-4-3-5-9(10(7)11)14(13)6-8(2)12/h3-5,8,12H,6,11H2,1-2H3. The van der Waals surface area contributed by atoms with Gasteiger partial charge in [0, 0.05) is 0 Å². The number of rotatable bonds is 3. The predicted molar refractivity (Wildman–Crippen MR) is 58.5 cm³/mol. The first-order valence-electron chi connectivity index (χ1n) is 4.44. The van der Waals surface area contributed by atoms with Gasteiger partial charge in [-0.15, -0.1) is 0 Å². The van der Waals surface area contributed by atoms with Crippen LogP contribution in [0.1, 0.15) is 12.5 Å². The minimum absolute atomic E-state index is 0.230. The summed E-state index contributed by atoms with van der Waals surface area (Å²) in [6.07, 6.45) is -0.573. The van der Waals surface area contributed by atoms with E-state index in [4.69, 9.17) is 10.8 Å². The molecular formula is C10H15NO2S. The molecule has 0 spiro atoms. The topological polar surface area (TPSA) is 63.3 Å². The Balaban J connectivity index is 2.96. The van der Waals surface area contributed by atoms with Crippen molar-refractivity contribution in [3.8, 4) is 0 Å². The van der Waals surface area contributed by atoms with Gasteiger partial charge < -0.3 is 10.8 Å². The van der Waals surface area contributed by atoms with Crippen LogP contribution in [0.25, 0.3) is 0 Å². The van der Waals surface area contributed by atoms with Gasteiger partial charge in [-0.05, 0) is 25.5 Å². The van der Waals surface area contributed by atoms with Crippen molar-refractivity contribution < 1.29 is 9.32 Å². The summed E-state index contributed by atoms with van der Waals surface area (Å²) >= 11 is 0. The van der Waals surface area contributed by atoms with Crippen molar-refractivity contribution in [1.29, 1.82) is 0 Å². The van der Waals surface area contributed by atoms with Crippen molar-refractivity contribution in [3.63, 3.8) is 0 Å². The molecule has 3 N–H and O–H groups in total. The van der Waals surface area contributed by atoms with Gasteiger partial charge in [0.1, 0.15) is 0 Å². The van der Waals surface area contributed by atoms with Crippen LogP contribution in [0.2, 0.25) is 0 Å². The van der Waals surface area contributed by atoms with Gasteiger partial charge in [0.2, 0.25) is 0 Å². The minimum Gasteiger partial charge on any atom is -0.398 e. The van der Waals surface area contributed by atoms with Gasteiger partial charge in [-0.2, -0.15) is 0 Å². The van der Waals surface area contributed by atoms with Gasteiger partial charge in [-0.3, -0.25) is 4.21 Å². The van der Waals surface area contributed by atoms with Crippen LogP contribution in [0.5, 0.6) is 0 Å². The third-order valence-electron chi connectivity index (χ3n) is 1.92. The summed E-state index contributed by atoms with van der Waals surface area (Å²) in [5.74, 6) is 0.230. The number of aryl methyl sites for hydroxylation is 1. The van der Waals surface area contributed by atoms with E-state index in [1.807, 2.05) is 19.1 Å². The van der Waals surface area contributed by atoms with Crippen molar-refractivity contribution in [2.45, 2.75) is 24.8 Å². The van der Waals surface area contributed by atoms with Crippen molar-refractivity contribution in [2.75, 3.05) is 11.5 Å². The van der Waals surface area contributed by atoms with Crippen LogP contribution in [-0.2, 0) is 10.8 Å². The lowest BCUT2D eigenvalue weighted by Gasteiger charge is -2.09. The molecule has 3 nitrogen and oxygen atoms in total. The molecule has 0 bridgehead atoms. The molecule has 1 aromatic carbocycles. The molecule has 4 heteroatoms. The average molecular weight is 213 g/mol. The quantitative estimate of drug-likeness (QED) is 0.738. The second kappa shape index (κ2) is 4.57. The molecule has 0 aromatic heterocycles. The maximum atomic E-state index is 11.7. The molecule has 78 valence electrons. The van der Waals surface area contributed by atoms with Crippen LogP contribution in [-0.4, -0.2) is 21.2 Å². The van der Waals surface area contributed by atoms with E-state index in [9.17, 15) is 4.21 Å². The molecule has 0 aliphatic carbocycles. The Hall–Kier alpha value is -0.870. The molecule has 2 unspecified atom stereocenters. The Morgan fingerprint density at radius 3 is 2.79 bits per heavy atom. The van der Waals surface area contributed by atoms with Crippen LogP contribution in [0.4, 0.5) is 5.69 Å². The molecule has 14 heavy (non-hydrogen) atoms. The molecule has 0 aliphatic rings. The Labute approximate surface area is 86.4 Å². The second-order valence-electron chi connectivity index (χ2n) is 3.35. The highest BCUT2D eigenvalue weighted by atomic mass is 32.2. The summed E-state index contributed by atoms with van der Waals surface area (Å²) in [6.45, 7) is 3.49. The zero-order chi connectivity index (χ0) is 10.7. The van der Waals surface area contributed by atoms with E-state index in [1.165, 1.54) is 0 Å². The third-order valence-corrected chi connectivity index (χ3v) is 3.55. The zero-order valence-corrected chi connectivity index (χ0v) is 9.17. The van der Waals surface area contributed by atoms with Gasteiger partial charge >= 0.3 is 0 Å². The molecule has 0 saturated carbocycles. The van der Waals surface area contributed by atoms with Crippen LogP contribution < -0.4 is 5.73 Å². The molecule has 0 aliphatic heterocycles. The van der Waals surface area contributed by atoms with E-state index in [0.717, 1.165) is 5.56 Å². The lowest BCUT2D eigenvalue weighted by atomic mass is 10.2. The Kier molecular flexibility index (Phi) is 3.66. The molecule has 0 radical (unpaired) electrons. The molecule has 0 amide bonds. The van der Waals surface area contributed by atoms with E-state index >= 15 is 0 Å². The van der Waals surface area contributed by atoms with Gasteiger partial charge in [-0.25, -0.2) is 0 Å². The van der Waals surface area contributed by atoms with E-state index in [-0.39, 0.29) is 5.75 Å². The molecule has 2 atom stereocenters. The highest BCUT2D eigenvalue weighted by Gasteiger charge is 2.11. The first-order valence-corrected chi connectivity index (χ1v) is 5.75. The largest absolute Gasteiger partial charge is 0.398 e. The lowest BCUT2D eigenvalue weighted by Crippen LogP contribution is -2.13. The number of benzene rings is 1. The molecular weight excluding hydrogens is 198 g/mol. The average Bonchev–Trinajstić information content (AvgIpc) is 2.08. The van der Waals surface area contributed by atoms with Crippen LogP contribution in [0.3, 0.4) is 0 Å². The first-order chi connectivity index (χ1) is 6.52. The number of para-hydroxylation sites is 1. The number of nitrogens with two attached hydrogens (primary N) is 1. The van der Waals surface area contributed by atoms with Crippen molar-refractivity contribution in [1.82, 2.24) is 0 Å². The summed E-state index contributed by atoms with van der Waals surface area (Å²) < 4.78 is 11.7. The van der Waals surface area contributed by atoms with E-state index in [0.29, 0.717) is 10.6 Å². The summed E-state index contributed by atoms with van der Waals surface area (Å²) in [5, 5.41) is 9.11. The molecule has 0 saturated heterocycles. The lowest BCUT2D eigenvalue weighted by molar-refractivity contribution is 0.219. The van der Waals surface area contributed by atoms with Crippen LogP contribution in [0, 0.1) is 6.92 Å². The smallest absolute Gasteiger partial charge is 0.0630 e. The Bertz CT molecular complexity index is 350. The monoisotopic (exact) mass is 213 g/mol. The summed E-state index contributed by atoms with van der Waals surface area (Å²) in [6, 6.07) is 5.43. The van der Waals surface area contributed by atoms with Crippen molar-refractivity contribution in [2.24, 2.45) is 0 Å². The molecule has 1 rings (SSSR count). The van der Waals surface area contributed by atoms with E-state index < -0.39 is 16.9 Å². The van der Waals surface area contributed by atoms with Gasteiger partial charge in [0.15, 0.2) is 0 Å². The van der Waals surface area contributed by atoms with Crippen molar-refractivity contribution in [3.05, 3.63) is 23.8 Å². The number of aliphatic hydroxyl groups is 1.